The van der Waals surface area contributed by atoms with E-state index in [1.807, 2.05) is 13.0 Å². The molecule has 1 saturated heterocycles. The van der Waals surface area contributed by atoms with Crippen LogP contribution < -0.4 is 5.32 Å². The van der Waals surface area contributed by atoms with E-state index in [-0.39, 0.29) is 17.6 Å². The zero-order chi connectivity index (χ0) is 18.5. The first-order valence-electron chi connectivity index (χ1n) is 9.07. The van der Waals surface area contributed by atoms with E-state index in [0.29, 0.717) is 13.0 Å². The second-order valence-corrected chi connectivity index (χ2v) is 6.74. The number of carbonyl (C=O) groups excluding carboxylic acids is 1. The largest absolute Gasteiger partial charge is 0.352 e. The van der Waals surface area contributed by atoms with Gasteiger partial charge in [0.25, 0.3) is 0 Å². The summed E-state index contributed by atoms with van der Waals surface area (Å²) in [7, 11) is 0. The number of carbonyl (C=O) groups is 1. The van der Waals surface area contributed by atoms with Crippen molar-refractivity contribution in [2.45, 2.75) is 45.2 Å². The monoisotopic (exact) mass is 362 g/mol. The molecule has 0 radical (unpaired) electrons. The van der Waals surface area contributed by atoms with Crippen LogP contribution in [0.1, 0.15) is 38.3 Å². The Kier molecular flexibility index (Phi) is 5.98. The smallest absolute Gasteiger partial charge is 0.220 e. The molecule has 3 rings (SSSR count). The predicted octanol–water partition coefficient (Wildman–Crippen LogP) is 3.03. The van der Waals surface area contributed by atoms with E-state index in [9.17, 15) is 13.6 Å². The highest BCUT2D eigenvalue weighted by Crippen LogP contribution is 2.17. The molecule has 1 aliphatic heterocycles. The average Bonchev–Trinajstić information content (AvgIpc) is 3.03. The molecule has 0 saturated carbocycles. The van der Waals surface area contributed by atoms with Crippen LogP contribution in [0.2, 0.25) is 0 Å². The van der Waals surface area contributed by atoms with Crippen molar-refractivity contribution < 1.29 is 13.6 Å². The molecule has 7 heteroatoms. The fourth-order valence-corrected chi connectivity index (χ4v) is 3.32. The highest BCUT2D eigenvalue weighted by molar-refractivity contribution is 5.76. The summed E-state index contributed by atoms with van der Waals surface area (Å²) in [5.74, 6) is -1.14. The third-order valence-electron chi connectivity index (χ3n) is 4.53. The molecule has 26 heavy (non-hydrogen) atoms. The number of hydrogen-bond donors (Lipinski definition) is 1. The summed E-state index contributed by atoms with van der Waals surface area (Å²) >= 11 is 0. The van der Waals surface area contributed by atoms with Crippen LogP contribution in [-0.2, 0) is 11.3 Å². The molecule has 0 unspecified atom stereocenters. The Balaban J connectivity index is 1.61. The number of piperidine rings is 1. The maximum atomic E-state index is 13.9. The minimum Gasteiger partial charge on any atom is -0.352 e. The fraction of sp³-hybridized carbons (Fsp3) is 0.474. The van der Waals surface area contributed by atoms with Gasteiger partial charge in [0.15, 0.2) is 5.82 Å². The number of nitrogens with one attached hydrogen (secondary N) is 1. The Bertz CT molecular complexity index is 762. The molecule has 1 amide bonds. The van der Waals surface area contributed by atoms with E-state index in [2.05, 4.69) is 15.3 Å². The maximum Gasteiger partial charge on any atom is 0.220 e. The topological polar surface area (TPSA) is 50.2 Å². The lowest BCUT2D eigenvalue weighted by Crippen LogP contribution is -2.47. The third kappa shape index (κ3) is 4.66. The van der Waals surface area contributed by atoms with Gasteiger partial charge in [0, 0.05) is 37.8 Å². The average molecular weight is 362 g/mol. The van der Waals surface area contributed by atoms with Crippen LogP contribution in [0.4, 0.5) is 8.78 Å². The van der Waals surface area contributed by atoms with E-state index < -0.39 is 11.6 Å². The Labute approximate surface area is 152 Å². The van der Waals surface area contributed by atoms with Crippen LogP contribution in [0, 0.1) is 11.6 Å². The van der Waals surface area contributed by atoms with Crippen molar-refractivity contribution in [2.75, 3.05) is 13.1 Å². The first kappa shape index (κ1) is 18.5. The van der Waals surface area contributed by atoms with Gasteiger partial charge in [-0.2, -0.15) is 5.10 Å². The number of nitrogens with zero attached hydrogens (tertiary/aromatic N) is 3. The second kappa shape index (κ2) is 8.40. The van der Waals surface area contributed by atoms with E-state index >= 15 is 0 Å². The molecule has 1 N–H and O–H groups in total. The van der Waals surface area contributed by atoms with Gasteiger partial charge in [-0.3, -0.25) is 9.69 Å². The number of benzene rings is 1. The van der Waals surface area contributed by atoms with Gasteiger partial charge in [-0.05, 0) is 44.0 Å². The first-order valence-corrected chi connectivity index (χ1v) is 9.07. The van der Waals surface area contributed by atoms with Crippen LogP contribution in [0.25, 0.3) is 5.69 Å². The van der Waals surface area contributed by atoms with Crippen molar-refractivity contribution in [2.24, 2.45) is 0 Å². The van der Waals surface area contributed by atoms with Crippen LogP contribution in [-0.4, -0.2) is 39.7 Å². The van der Waals surface area contributed by atoms with Crippen LogP contribution in [0.15, 0.2) is 30.5 Å². The molecule has 5 nitrogen and oxygen atoms in total. The van der Waals surface area contributed by atoms with Gasteiger partial charge in [-0.25, -0.2) is 13.5 Å². The highest BCUT2D eigenvalue weighted by atomic mass is 19.1. The van der Waals surface area contributed by atoms with Gasteiger partial charge < -0.3 is 5.32 Å². The van der Waals surface area contributed by atoms with E-state index in [0.717, 1.165) is 44.1 Å². The van der Waals surface area contributed by atoms with Crippen molar-refractivity contribution in [1.82, 2.24) is 20.0 Å². The molecule has 140 valence electrons. The molecular formula is C19H24F2N4O. The summed E-state index contributed by atoms with van der Waals surface area (Å²) in [6.07, 6.45) is 5.09. The van der Waals surface area contributed by atoms with E-state index in [1.54, 1.807) is 6.20 Å². The lowest BCUT2D eigenvalue weighted by atomic mass is 10.1. The zero-order valence-electron chi connectivity index (χ0n) is 14.9. The molecule has 2 aromatic rings. The van der Waals surface area contributed by atoms with Crippen molar-refractivity contribution in [1.29, 1.82) is 0 Å². The summed E-state index contributed by atoms with van der Waals surface area (Å²) in [5, 5.41) is 7.49. The summed E-state index contributed by atoms with van der Waals surface area (Å²) in [5.41, 5.74) is 1.04. The molecule has 1 atom stereocenters. The maximum absolute atomic E-state index is 13.9. The normalized spacial score (nSPS) is 18.0. The molecule has 0 aliphatic carbocycles. The van der Waals surface area contributed by atoms with Crippen molar-refractivity contribution in [3.8, 4) is 5.69 Å². The predicted molar refractivity (Wildman–Crippen MR) is 94.8 cm³/mol. The van der Waals surface area contributed by atoms with Crippen LogP contribution >= 0.6 is 0 Å². The quantitative estimate of drug-likeness (QED) is 0.859. The minimum absolute atomic E-state index is 0.107. The van der Waals surface area contributed by atoms with Gasteiger partial charge in [-0.1, -0.05) is 6.92 Å². The Hall–Kier alpha value is -2.28. The Morgan fingerprint density at radius 3 is 2.96 bits per heavy atom. The molecular weight excluding hydrogens is 338 g/mol. The lowest BCUT2D eigenvalue weighted by Gasteiger charge is -2.32. The first-order chi connectivity index (χ1) is 12.5. The van der Waals surface area contributed by atoms with Crippen LogP contribution in [0.5, 0.6) is 0 Å². The van der Waals surface area contributed by atoms with E-state index in [1.165, 1.54) is 16.8 Å². The van der Waals surface area contributed by atoms with Gasteiger partial charge in [-0.15, -0.1) is 0 Å². The van der Waals surface area contributed by atoms with Crippen molar-refractivity contribution in [3.63, 3.8) is 0 Å². The van der Waals surface area contributed by atoms with Crippen molar-refractivity contribution in [3.05, 3.63) is 47.8 Å². The summed E-state index contributed by atoms with van der Waals surface area (Å²) in [4.78, 5) is 14.0. The molecule has 1 aromatic heterocycles. The standard InChI is InChI=1S/C19H24F2N4O/c1-2-4-19(26)22-15-5-3-9-24(12-15)13-16-8-10-25(23-16)18-7-6-14(20)11-17(18)21/h6-8,10-11,15H,2-5,9,12-13H2,1H3,(H,22,26)/t15-/m0/s1. The summed E-state index contributed by atoms with van der Waals surface area (Å²) in [6.45, 7) is 4.36. The number of likely N-dealkylation sites (tertiary alicyclic amines) is 1. The number of hydrogen-bond acceptors (Lipinski definition) is 3. The molecule has 1 aliphatic rings. The molecule has 1 fully saturated rings. The summed E-state index contributed by atoms with van der Waals surface area (Å²) in [6, 6.07) is 5.45. The van der Waals surface area contributed by atoms with E-state index in [4.69, 9.17) is 0 Å². The Morgan fingerprint density at radius 2 is 2.19 bits per heavy atom. The zero-order valence-corrected chi connectivity index (χ0v) is 14.9. The number of amides is 1. The van der Waals surface area contributed by atoms with Gasteiger partial charge in [0.2, 0.25) is 5.91 Å². The minimum atomic E-state index is -0.642. The van der Waals surface area contributed by atoms with Gasteiger partial charge >= 0.3 is 0 Å². The SMILES string of the molecule is CCCC(=O)N[C@H]1CCCN(Cc2ccn(-c3ccc(F)cc3F)n2)C1. The fourth-order valence-electron chi connectivity index (χ4n) is 3.32. The third-order valence-corrected chi connectivity index (χ3v) is 4.53. The molecule has 0 bridgehead atoms. The molecule has 2 heterocycles. The Morgan fingerprint density at radius 1 is 1.35 bits per heavy atom. The number of halogens is 2. The second-order valence-electron chi connectivity index (χ2n) is 6.74. The van der Waals surface area contributed by atoms with Gasteiger partial charge in [0.1, 0.15) is 11.5 Å². The van der Waals surface area contributed by atoms with Crippen LogP contribution in [0.3, 0.4) is 0 Å². The lowest BCUT2D eigenvalue weighted by molar-refractivity contribution is -0.122. The molecule has 1 aromatic carbocycles. The summed E-state index contributed by atoms with van der Waals surface area (Å²) < 4.78 is 28.4. The van der Waals surface area contributed by atoms with Gasteiger partial charge in [0.05, 0.1) is 5.69 Å². The number of aromatic nitrogens is 2. The molecule has 0 spiro atoms. The number of rotatable bonds is 6. The highest BCUT2D eigenvalue weighted by Gasteiger charge is 2.22. The van der Waals surface area contributed by atoms with Crippen molar-refractivity contribution >= 4 is 5.91 Å².